The van der Waals surface area contributed by atoms with Gasteiger partial charge in [0, 0.05) is 49.6 Å². The van der Waals surface area contributed by atoms with Crippen molar-refractivity contribution in [3.8, 4) is 0 Å². The molecule has 0 unspecified atom stereocenters. The average Bonchev–Trinajstić information content (AvgIpc) is 3.20. The number of anilines is 1. The predicted octanol–water partition coefficient (Wildman–Crippen LogP) is 4.62. The van der Waals surface area contributed by atoms with Gasteiger partial charge in [-0.25, -0.2) is 9.97 Å². The number of nitrogens with two attached hydrogens (primary N) is 1. The van der Waals surface area contributed by atoms with E-state index in [1.807, 2.05) is 4.57 Å². The maximum atomic E-state index is 13.1. The number of aromatic nitrogens is 4. The maximum absolute atomic E-state index is 13.1. The highest BCUT2D eigenvalue weighted by atomic mass is 32.1. The van der Waals surface area contributed by atoms with Crippen LogP contribution in [0, 0.1) is 16.1 Å². The molecule has 0 atom stereocenters. The molecule has 0 radical (unpaired) electrons. The number of piperidine rings is 2. The van der Waals surface area contributed by atoms with E-state index in [4.69, 9.17) is 23.4 Å². The fourth-order valence-corrected chi connectivity index (χ4v) is 5.72. The number of amidine groups is 1. The molecule has 12 heteroatoms. The summed E-state index contributed by atoms with van der Waals surface area (Å²) in [4.78, 5) is 15.6. The lowest BCUT2D eigenvalue weighted by Gasteiger charge is -2.39. The van der Waals surface area contributed by atoms with Gasteiger partial charge in [-0.2, -0.15) is 13.2 Å². The summed E-state index contributed by atoms with van der Waals surface area (Å²) in [7, 11) is 0. The lowest BCUT2D eigenvalue weighted by molar-refractivity contribution is -0.137. The van der Waals surface area contributed by atoms with Crippen LogP contribution in [0.25, 0.3) is 11.0 Å². The molecule has 0 amide bonds. The molecular formula is C24H29F3N8S. The van der Waals surface area contributed by atoms with Gasteiger partial charge in [-0.15, -0.1) is 0 Å². The number of nitrogens with zero attached hydrogens (tertiary/aromatic N) is 5. The second kappa shape index (κ2) is 9.81. The van der Waals surface area contributed by atoms with Crippen molar-refractivity contribution in [3.63, 3.8) is 0 Å². The molecule has 2 aliphatic rings. The molecule has 0 spiro atoms. The lowest BCUT2D eigenvalue weighted by atomic mass is 9.93. The Morgan fingerprint density at radius 2 is 1.75 bits per heavy atom. The predicted molar refractivity (Wildman–Crippen MR) is 134 cm³/mol. The van der Waals surface area contributed by atoms with E-state index in [9.17, 15) is 13.2 Å². The lowest BCUT2D eigenvalue weighted by Crippen LogP contribution is -2.45. The molecule has 2 aliphatic heterocycles. The number of H-pyrrole nitrogens is 1. The third-order valence-corrected chi connectivity index (χ3v) is 7.62. The summed E-state index contributed by atoms with van der Waals surface area (Å²) in [5.74, 6) is 1.20. The first kappa shape index (κ1) is 24.7. The van der Waals surface area contributed by atoms with E-state index >= 15 is 0 Å². The van der Waals surface area contributed by atoms with Gasteiger partial charge in [-0.05, 0) is 69.2 Å². The maximum Gasteiger partial charge on any atom is 0.416 e. The summed E-state index contributed by atoms with van der Waals surface area (Å²) < 4.78 is 41.7. The van der Waals surface area contributed by atoms with Crippen LogP contribution < -0.4 is 5.73 Å². The Balaban J connectivity index is 1.17. The van der Waals surface area contributed by atoms with Gasteiger partial charge in [0.05, 0.1) is 22.4 Å². The Labute approximate surface area is 211 Å². The van der Waals surface area contributed by atoms with E-state index in [0.29, 0.717) is 21.6 Å². The third-order valence-electron chi connectivity index (χ3n) is 7.32. The molecule has 8 nitrogen and oxygen atoms in total. The zero-order valence-electron chi connectivity index (χ0n) is 19.8. The minimum Gasteiger partial charge on any atom is -0.368 e. The number of alkyl halides is 3. The Morgan fingerprint density at radius 3 is 2.39 bits per heavy atom. The van der Waals surface area contributed by atoms with Crippen molar-refractivity contribution in [2.24, 2.45) is 5.92 Å². The van der Waals surface area contributed by atoms with Gasteiger partial charge in [0.2, 0.25) is 5.95 Å². The summed E-state index contributed by atoms with van der Waals surface area (Å²) in [6, 6.07) is 3.83. The van der Waals surface area contributed by atoms with E-state index in [1.54, 1.807) is 12.4 Å². The van der Waals surface area contributed by atoms with Crippen LogP contribution in [0.2, 0.25) is 0 Å². The highest BCUT2D eigenvalue weighted by Gasteiger charge is 2.32. The molecule has 5 rings (SSSR count). The smallest absolute Gasteiger partial charge is 0.368 e. The number of likely N-dealkylation sites (tertiary alicyclic amines) is 2. The molecule has 0 aliphatic carbocycles. The van der Waals surface area contributed by atoms with Crippen molar-refractivity contribution >= 4 is 35.0 Å². The number of hydrogen-bond donors (Lipinski definition) is 3. The molecule has 2 fully saturated rings. The summed E-state index contributed by atoms with van der Waals surface area (Å²) in [5.41, 5.74) is 7.01. The number of rotatable bonds is 4. The molecule has 1 aromatic carbocycles. The number of hydrogen-bond acceptors (Lipinski definition) is 6. The Bertz CT molecular complexity index is 1280. The summed E-state index contributed by atoms with van der Waals surface area (Å²) in [6.45, 7) is 4.08. The topological polar surface area (TPSA) is 103 Å². The van der Waals surface area contributed by atoms with E-state index in [-0.39, 0.29) is 17.9 Å². The number of nitrogens with one attached hydrogen (secondary N) is 2. The van der Waals surface area contributed by atoms with Gasteiger partial charge in [0.25, 0.3) is 0 Å². The minimum atomic E-state index is -4.39. The molecule has 2 aromatic heterocycles. The van der Waals surface area contributed by atoms with Crippen molar-refractivity contribution in [3.05, 3.63) is 46.5 Å². The fraction of sp³-hybridized carbons (Fsp3) is 0.500. The van der Waals surface area contributed by atoms with Crippen LogP contribution in [0.1, 0.15) is 42.9 Å². The monoisotopic (exact) mass is 518 g/mol. The Kier molecular flexibility index (Phi) is 6.73. The van der Waals surface area contributed by atoms with Crippen LogP contribution in [-0.2, 0) is 12.7 Å². The van der Waals surface area contributed by atoms with Gasteiger partial charge in [0.15, 0.2) is 4.77 Å². The zero-order chi connectivity index (χ0) is 25.4. The normalized spacial score (nSPS) is 18.7. The van der Waals surface area contributed by atoms with E-state index < -0.39 is 11.7 Å². The second-order valence-electron chi connectivity index (χ2n) is 9.63. The molecule has 4 heterocycles. The quantitative estimate of drug-likeness (QED) is 0.265. The van der Waals surface area contributed by atoms with E-state index in [0.717, 1.165) is 76.1 Å². The fourth-order valence-electron chi connectivity index (χ4n) is 5.36. The van der Waals surface area contributed by atoms with Gasteiger partial charge in [-0.3, -0.25) is 10.3 Å². The first-order valence-corrected chi connectivity index (χ1v) is 12.5. The summed E-state index contributed by atoms with van der Waals surface area (Å²) in [5, 5.41) is 8.82. The molecular weight excluding hydrogens is 489 g/mol. The standard InChI is InChI=1S/C24H29F3N8S/c25-24(26,27)17-1-2-20-19(11-17)32-23(36)35(20)18-5-9-34(10-6-18)21(28)16-3-7-33(8-4-16)14-15-12-30-22(29)31-13-15/h1-2,11-13,16,18,28H,3-10,14H2,(H,32,36)(H2,29,30,31). The summed E-state index contributed by atoms with van der Waals surface area (Å²) in [6.07, 6.45) is 2.58. The summed E-state index contributed by atoms with van der Waals surface area (Å²) >= 11 is 5.47. The Morgan fingerprint density at radius 1 is 1.08 bits per heavy atom. The van der Waals surface area contributed by atoms with Crippen LogP contribution in [0.15, 0.2) is 30.6 Å². The third kappa shape index (κ3) is 5.10. The molecule has 0 bridgehead atoms. The van der Waals surface area contributed by atoms with Crippen molar-refractivity contribution in [2.45, 2.75) is 44.4 Å². The number of benzene rings is 1. The van der Waals surface area contributed by atoms with Gasteiger partial charge >= 0.3 is 6.18 Å². The number of imidazole rings is 1. The molecule has 3 aromatic rings. The van der Waals surface area contributed by atoms with Crippen LogP contribution in [-0.4, -0.2) is 61.3 Å². The average molecular weight is 519 g/mol. The zero-order valence-corrected chi connectivity index (χ0v) is 20.6. The van der Waals surface area contributed by atoms with Crippen LogP contribution >= 0.6 is 12.2 Å². The van der Waals surface area contributed by atoms with Crippen LogP contribution in [0.5, 0.6) is 0 Å². The second-order valence-corrected chi connectivity index (χ2v) is 10.0. The molecule has 2 saturated heterocycles. The van der Waals surface area contributed by atoms with Gasteiger partial charge in [-0.1, -0.05) is 0 Å². The highest BCUT2D eigenvalue weighted by Crippen LogP contribution is 2.34. The van der Waals surface area contributed by atoms with Crippen molar-refractivity contribution in [2.75, 3.05) is 31.9 Å². The number of aromatic amines is 1. The van der Waals surface area contributed by atoms with Crippen LogP contribution in [0.3, 0.4) is 0 Å². The van der Waals surface area contributed by atoms with E-state index in [1.165, 1.54) is 6.07 Å². The largest absolute Gasteiger partial charge is 0.416 e. The van der Waals surface area contributed by atoms with Crippen LogP contribution in [0.4, 0.5) is 19.1 Å². The molecule has 36 heavy (non-hydrogen) atoms. The van der Waals surface area contributed by atoms with Crippen molar-refractivity contribution in [1.82, 2.24) is 29.3 Å². The molecule has 192 valence electrons. The SMILES string of the molecule is N=C(C1CCN(Cc2cnc(N)nc2)CC1)N1CCC(n2c(=S)[nH]c3cc(C(F)(F)F)ccc32)CC1. The highest BCUT2D eigenvalue weighted by molar-refractivity contribution is 7.71. The minimum absolute atomic E-state index is 0.0935. The molecule has 0 saturated carbocycles. The number of nitrogen functional groups attached to an aromatic ring is 1. The first-order chi connectivity index (χ1) is 17.2. The van der Waals surface area contributed by atoms with Crippen molar-refractivity contribution in [1.29, 1.82) is 5.41 Å². The van der Waals surface area contributed by atoms with Gasteiger partial charge < -0.3 is 20.2 Å². The van der Waals surface area contributed by atoms with Gasteiger partial charge in [0.1, 0.15) is 0 Å². The number of fused-ring (bicyclic) bond motifs is 1. The van der Waals surface area contributed by atoms with E-state index in [2.05, 4.69) is 24.8 Å². The molecule has 4 N–H and O–H groups in total. The first-order valence-electron chi connectivity index (χ1n) is 12.1. The Hall–Kier alpha value is -2.99. The van der Waals surface area contributed by atoms with Crippen molar-refractivity contribution < 1.29 is 13.2 Å². The number of halogens is 3.